The molecule has 0 fully saturated rings. The number of furan rings is 1. The number of aliphatic hydroxyl groups is 1. The van der Waals surface area contributed by atoms with Crippen molar-refractivity contribution in [1.29, 1.82) is 0 Å². The number of rotatable bonds is 7. The average Bonchev–Trinajstić information content (AvgIpc) is 2.75. The first-order valence-electron chi connectivity index (χ1n) is 5.29. The van der Waals surface area contributed by atoms with Crippen LogP contribution in [0.1, 0.15) is 5.76 Å². The van der Waals surface area contributed by atoms with Gasteiger partial charge in [-0.15, -0.1) is 0 Å². The Morgan fingerprint density at radius 2 is 2.22 bits per heavy atom. The topological polar surface area (TPSA) is 96.6 Å². The predicted octanol–water partition coefficient (Wildman–Crippen LogP) is -0.141. The summed E-state index contributed by atoms with van der Waals surface area (Å²) in [6, 6.07) is 3.13. The van der Waals surface area contributed by atoms with Crippen LogP contribution in [0.15, 0.2) is 35.0 Å². The lowest BCUT2D eigenvalue weighted by molar-refractivity contribution is -0.118. The molecule has 0 radical (unpaired) electrons. The molecule has 0 bridgehead atoms. The van der Waals surface area contributed by atoms with Crippen LogP contribution in [0.2, 0.25) is 0 Å². The quantitative estimate of drug-likeness (QED) is 0.674. The lowest BCUT2D eigenvalue weighted by Gasteiger charge is -2.03. The summed E-state index contributed by atoms with van der Waals surface area (Å²) in [7, 11) is -3.53. The molecule has 7 heteroatoms. The zero-order valence-corrected chi connectivity index (χ0v) is 10.5. The number of sulfone groups is 1. The van der Waals surface area contributed by atoms with E-state index in [9.17, 15) is 13.2 Å². The Bertz CT molecular complexity index is 490. The molecule has 0 saturated carbocycles. The molecule has 1 heterocycles. The van der Waals surface area contributed by atoms with Crippen LogP contribution in [0, 0.1) is 0 Å². The van der Waals surface area contributed by atoms with Crippen molar-refractivity contribution in [1.82, 2.24) is 5.32 Å². The first kappa shape index (κ1) is 14.5. The highest BCUT2D eigenvalue weighted by Gasteiger charge is 2.18. The van der Waals surface area contributed by atoms with Crippen molar-refractivity contribution in [3.63, 3.8) is 0 Å². The van der Waals surface area contributed by atoms with Crippen molar-refractivity contribution in [3.05, 3.63) is 36.3 Å². The molecule has 100 valence electrons. The molecule has 1 amide bonds. The van der Waals surface area contributed by atoms with E-state index in [0.717, 1.165) is 0 Å². The molecule has 6 nitrogen and oxygen atoms in total. The Labute approximate surface area is 105 Å². The summed E-state index contributed by atoms with van der Waals surface area (Å²) >= 11 is 0. The summed E-state index contributed by atoms with van der Waals surface area (Å²) in [5.41, 5.74) is 0. The highest BCUT2D eigenvalue weighted by molar-refractivity contribution is 7.91. The third-order valence-electron chi connectivity index (χ3n) is 1.98. The van der Waals surface area contributed by atoms with Crippen LogP contribution in [-0.4, -0.2) is 38.3 Å². The van der Waals surface area contributed by atoms with Gasteiger partial charge in [-0.3, -0.25) is 4.79 Å². The lowest BCUT2D eigenvalue weighted by atomic mass is 10.5. The number of nitrogens with one attached hydrogen (secondary N) is 1. The average molecular weight is 273 g/mol. The van der Waals surface area contributed by atoms with Crippen molar-refractivity contribution in [2.75, 3.05) is 18.9 Å². The third-order valence-corrected chi connectivity index (χ3v) is 3.41. The van der Waals surface area contributed by atoms with Crippen LogP contribution in [0.25, 0.3) is 0 Å². The van der Waals surface area contributed by atoms with E-state index in [1.165, 1.54) is 18.4 Å². The van der Waals surface area contributed by atoms with Gasteiger partial charge in [0.25, 0.3) is 0 Å². The molecule has 2 N–H and O–H groups in total. The number of aliphatic hydroxyl groups excluding tert-OH is 1. The predicted molar refractivity (Wildman–Crippen MR) is 65.4 cm³/mol. The molecule has 1 aromatic heterocycles. The van der Waals surface area contributed by atoms with Crippen molar-refractivity contribution in [2.24, 2.45) is 0 Å². The molecule has 1 rings (SSSR count). The van der Waals surface area contributed by atoms with Crippen LogP contribution >= 0.6 is 0 Å². The third kappa shape index (κ3) is 5.65. The van der Waals surface area contributed by atoms with Gasteiger partial charge in [-0.2, -0.15) is 0 Å². The smallest absolute Gasteiger partial charge is 0.235 e. The van der Waals surface area contributed by atoms with Crippen LogP contribution < -0.4 is 5.32 Å². The molecule has 18 heavy (non-hydrogen) atoms. The largest absolute Gasteiger partial charge is 0.468 e. The van der Waals surface area contributed by atoms with Gasteiger partial charge in [-0.05, 0) is 12.1 Å². The van der Waals surface area contributed by atoms with Gasteiger partial charge >= 0.3 is 0 Å². The Hall–Kier alpha value is -1.60. The highest BCUT2D eigenvalue weighted by atomic mass is 32.2. The molecule has 0 saturated heterocycles. The molecule has 1 aromatic rings. The van der Waals surface area contributed by atoms with Crippen LogP contribution in [0.5, 0.6) is 0 Å². The normalized spacial score (nSPS) is 11.8. The molecule has 0 aliphatic heterocycles. The van der Waals surface area contributed by atoms with E-state index < -0.39 is 21.5 Å². The monoisotopic (exact) mass is 273 g/mol. The fourth-order valence-electron chi connectivity index (χ4n) is 1.24. The van der Waals surface area contributed by atoms with Crippen molar-refractivity contribution >= 4 is 15.7 Å². The second-order valence-corrected chi connectivity index (χ2v) is 5.63. The molecule has 0 aromatic carbocycles. The first-order chi connectivity index (χ1) is 8.53. The fourth-order valence-corrected chi connectivity index (χ4v) is 2.45. The van der Waals surface area contributed by atoms with E-state index in [0.29, 0.717) is 5.76 Å². The first-order valence-corrected chi connectivity index (χ1v) is 7.11. The molecular weight excluding hydrogens is 258 g/mol. The number of amides is 1. The van der Waals surface area contributed by atoms with Gasteiger partial charge in [0.1, 0.15) is 17.3 Å². The Morgan fingerprint density at radius 1 is 1.44 bits per heavy atom. The summed E-state index contributed by atoms with van der Waals surface area (Å²) in [4.78, 5) is 11.3. The molecule has 0 aliphatic rings. The summed E-state index contributed by atoms with van der Waals surface area (Å²) in [6.45, 7) is 0.0718. The van der Waals surface area contributed by atoms with Crippen LogP contribution in [-0.2, 0) is 20.4 Å². The molecule has 0 unspecified atom stereocenters. The fraction of sp³-hybridized carbons (Fsp3) is 0.364. The lowest BCUT2D eigenvalue weighted by Crippen LogP contribution is -2.30. The number of hydrogen-bond donors (Lipinski definition) is 2. The Morgan fingerprint density at radius 3 is 2.83 bits per heavy atom. The van der Waals surface area contributed by atoms with Gasteiger partial charge in [-0.25, -0.2) is 8.42 Å². The Balaban J connectivity index is 2.40. The van der Waals surface area contributed by atoms with Crippen molar-refractivity contribution in [3.8, 4) is 0 Å². The summed E-state index contributed by atoms with van der Waals surface area (Å²) in [5.74, 6) is -1.15. The Kier molecular flexibility index (Phi) is 5.60. The second kappa shape index (κ2) is 6.97. The van der Waals surface area contributed by atoms with Gasteiger partial charge < -0.3 is 14.8 Å². The van der Waals surface area contributed by atoms with E-state index in [-0.39, 0.29) is 18.9 Å². The summed E-state index contributed by atoms with van der Waals surface area (Å²) < 4.78 is 28.2. The maximum absolute atomic E-state index is 11.6. The second-order valence-electron chi connectivity index (χ2n) is 3.57. The van der Waals surface area contributed by atoms with Crippen LogP contribution in [0.3, 0.4) is 0 Å². The van der Waals surface area contributed by atoms with Gasteiger partial charge in [0.2, 0.25) is 5.91 Å². The van der Waals surface area contributed by atoms with Crippen molar-refractivity contribution < 1.29 is 22.7 Å². The van der Waals surface area contributed by atoms with Gasteiger partial charge in [0, 0.05) is 6.54 Å². The van der Waals surface area contributed by atoms with E-state index in [1.807, 2.05) is 0 Å². The van der Waals surface area contributed by atoms with Gasteiger partial charge in [0.15, 0.2) is 9.84 Å². The molecule has 0 spiro atoms. The van der Waals surface area contributed by atoms with E-state index in [1.54, 1.807) is 12.1 Å². The van der Waals surface area contributed by atoms with Gasteiger partial charge in [-0.1, -0.05) is 12.2 Å². The minimum Gasteiger partial charge on any atom is -0.468 e. The van der Waals surface area contributed by atoms with E-state index in [4.69, 9.17) is 9.52 Å². The maximum atomic E-state index is 11.6. The molecular formula is C11H15NO5S. The zero-order chi connectivity index (χ0) is 13.4. The number of carbonyl (C=O) groups is 1. The SMILES string of the molecule is O=C(CS(=O)(=O)Cc1ccco1)NC/C=C\CO. The maximum Gasteiger partial charge on any atom is 0.235 e. The minimum absolute atomic E-state index is 0.118. The van der Waals surface area contributed by atoms with E-state index in [2.05, 4.69) is 5.32 Å². The van der Waals surface area contributed by atoms with Gasteiger partial charge in [0.05, 0.1) is 12.9 Å². The van der Waals surface area contributed by atoms with Crippen molar-refractivity contribution in [2.45, 2.75) is 5.75 Å². The molecule has 0 aliphatic carbocycles. The highest BCUT2D eigenvalue weighted by Crippen LogP contribution is 2.06. The van der Waals surface area contributed by atoms with Crippen LogP contribution in [0.4, 0.5) is 0 Å². The molecule has 0 atom stereocenters. The zero-order valence-electron chi connectivity index (χ0n) is 9.70. The summed E-state index contributed by atoms with van der Waals surface area (Å²) in [5, 5.41) is 10.9. The standard InChI is InChI=1S/C11H15NO5S/c13-6-2-1-5-12-11(14)9-18(15,16)8-10-4-3-7-17-10/h1-4,7,13H,5-6,8-9H2,(H,12,14)/b2-1-. The number of hydrogen-bond acceptors (Lipinski definition) is 5. The number of carbonyl (C=O) groups excluding carboxylic acids is 1. The summed E-state index contributed by atoms with van der Waals surface area (Å²) in [6.07, 6.45) is 4.37. The van der Waals surface area contributed by atoms with E-state index >= 15 is 0 Å². The minimum atomic E-state index is -3.53.